The van der Waals surface area contributed by atoms with Crippen LogP contribution < -0.4 is 4.74 Å². The molecule has 0 fully saturated rings. The summed E-state index contributed by atoms with van der Waals surface area (Å²) in [5.74, 6) is -0.398. The van der Waals surface area contributed by atoms with Crippen molar-refractivity contribution in [2.24, 2.45) is 15.3 Å². The highest BCUT2D eigenvalue weighted by atomic mass is 32.2. The van der Waals surface area contributed by atoms with Gasteiger partial charge in [0.2, 0.25) is 20.2 Å². The number of amides is 1. The molecule has 1 aromatic rings. The van der Waals surface area contributed by atoms with Crippen molar-refractivity contribution in [1.82, 2.24) is 4.90 Å². The van der Waals surface area contributed by atoms with Crippen LogP contribution in [0.25, 0.3) is 6.08 Å². The fourth-order valence-corrected chi connectivity index (χ4v) is 5.31. The molecule has 1 aromatic carbocycles. The van der Waals surface area contributed by atoms with Gasteiger partial charge in [0.1, 0.15) is 11.6 Å². The highest BCUT2D eigenvalue weighted by Gasteiger charge is 2.42. The number of carbonyl (C=O) groups excluding carboxylic acids is 1. The van der Waals surface area contributed by atoms with Crippen LogP contribution >= 0.6 is 11.9 Å². The van der Waals surface area contributed by atoms with E-state index < -0.39 is 15.7 Å². The minimum atomic E-state index is -3.71. The molecule has 1 N–H and O–H groups in total. The van der Waals surface area contributed by atoms with E-state index in [-0.39, 0.29) is 33.4 Å². The number of nitrogens with one attached hydrogen (secondary N) is 1. The molecule has 27 heavy (non-hydrogen) atoms. The molecule has 0 saturated carbocycles. The molecule has 1 amide bonds. The molecule has 0 spiro atoms. The number of rotatable bonds is 4. The first-order valence-electron chi connectivity index (χ1n) is 8.08. The van der Waals surface area contributed by atoms with Crippen LogP contribution in [-0.2, 0) is 14.6 Å². The average molecular weight is 406 g/mol. The Bertz CT molecular complexity index is 992. The Kier molecular flexibility index (Phi) is 5.20. The SMILES string of the molecule is COc1ccc(/C=C2/C(=N)N3C(=NC2=O)SN=C3S(=O)(=O)CC(C)C)cc1. The third kappa shape index (κ3) is 3.81. The van der Waals surface area contributed by atoms with Crippen LogP contribution in [0.1, 0.15) is 19.4 Å². The van der Waals surface area contributed by atoms with Crippen LogP contribution in [0.4, 0.5) is 0 Å². The number of hydrogen-bond donors (Lipinski definition) is 1. The van der Waals surface area contributed by atoms with Crippen molar-refractivity contribution in [2.45, 2.75) is 13.8 Å². The smallest absolute Gasteiger partial charge is 0.283 e. The number of methoxy groups -OCH3 is 1. The summed E-state index contributed by atoms with van der Waals surface area (Å²) in [6.45, 7) is 3.57. The Morgan fingerprint density at radius 1 is 1.30 bits per heavy atom. The van der Waals surface area contributed by atoms with E-state index in [1.807, 2.05) is 0 Å². The van der Waals surface area contributed by atoms with Crippen LogP contribution in [0.2, 0.25) is 0 Å². The lowest BCUT2D eigenvalue weighted by Crippen LogP contribution is -2.46. The highest BCUT2D eigenvalue weighted by Crippen LogP contribution is 2.30. The van der Waals surface area contributed by atoms with Crippen molar-refractivity contribution in [3.8, 4) is 5.75 Å². The number of benzene rings is 1. The van der Waals surface area contributed by atoms with Crippen molar-refractivity contribution in [3.63, 3.8) is 0 Å². The van der Waals surface area contributed by atoms with Crippen molar-refractivity contribution in [3.05, 3.63) is 35.4 Å². The first kappa shape index (κ1) is 19.3. The van der Waals surface area contributed by atoms with Crippen molar-refractivity contribution >= 4 is 49.9 Å². The van der Waals surface area contributed by atoms with Crippen molar-refractivity contribution in [2.75, 3.05) is 12.9 Å². The van der Waals surface area contributed by atoms with Gasteiger partial charge < -0.3 is 4.74 Å². The molecular weight excluding hydrogens is 388 g/mol. The van der Waals surface area contributed by atoms with Gasteiger partial charge in [-0.2, -0.15) is 9.39 Å². The fourth-order valence-electron chi connectivity index (χ4n) is 2.58. The normalized spacial score (nSPS) is 18.7. The fraction of sp³-hybridized carbons (Fsp3) is 0.294. The predicted molar refractivity (Wildman–Crippen MR) is 107 cm³/mol. The van der Waals surface area contributed by atoms with Crippen molar-refractivity contribution in [1.29, 1.82) is 5.41 Å². The zero-order valence-electron chi connectivity index (χ0n) is 15.0. The Labute approximate surface area is 161 Å². The molecule has 3 rings (SSSR count). The number of amidine groups is 3. The quantitative estimate of drug-likeness (QED) is 0.607. The Morgan fingerprint density at radius 2 is 1.96 bits per heavy atom. The van der Waals surface area contributed by atoms with E-state index in [2.05, 4.69) is 9.39 Å². The van der Waals surface area contributed by atoms with Gasteiger partial charge in [-0.05, 0) is 29.7 Å². The van der Waals surface area contributed by atoms with Gasteiger partial charge in [0.05, 0.1) is 30.4 Å². The zero-order valence-corrected chi connectivity index (χ0v) is 16.6. The molecular formula is C17H18N4O4S2. The summed E-state index contributed by atoms with van der Waals surface area (Å²) < 4.78 is 34.3. The Morgan fingerprint density at radius 3 is 2.56 bits per heavy atom. The summed E-state index contributed by atoms with van der Waals surface area (Å²) in [5, 5.41) is 8.23. The average Bonchev–Trinajstić information content (AvgIpc) is 3.03. The lowest BCUT2D eigenvalue weighted by molar-refractivity contribution is -0.114. The molecule has 2 aliphatic heterocycles. The van der Waals surface area contributed by atoms with Crippen LogP contribution in [0.3, 0.4) is 0 Å². The van der Waals surface area contributed by atoms with E-state index in [4.69, 9.17) is 10.1 Å². The monoisotopic (exact) mass is 406 g/mol. The van der Waals surface area contributed by atoms with E-state index >= 15 is 0 Å². The standard InChI is InChI=1S/C17H18N4O4S2/c1-10(2)9-27(23,24)17-20-26-16-19-15(22)13(14(18)21(16)17)8-11-4-6-12(25-3)7-5-11/h4-8,10,18H,9H2,1-3H3/b13-8-,18-14?. The lowest BCUT2D eigenvalue weighted by Gasteiger charge is -2.24. The number of sulfone groups is 1. The minimum Gasteiger partial charge on any atom is -0.497 e. The van der Waals surface area contributed by atoms with E-state index in [0.29, 0.717) is 11.3 Å². The number of fused-ring (bicyclic) bond motifs is 1. The van der Waals surface area contributed by atoms with Crippen LogP contribution in [0.15, 0.2) is 39.2 Å². The molecule has 0 unspecified atom stereocenters. The van der Waals surface area contributed by atoms with Gasteiger partial charge in [0.15, 0.2) is 0 Å². The molecule has 10 heteroatoms. The molecule has 0 saturated heterocycles. The molecule has 2 heterocycles. The summed E-state index contributed by atoms with van der Waals surface area (Å²) >= 11 is 0.788. The number of hydrogen-bond acceptors (Lipinski definition) is 7. The van der Waals surface area contributed by atoms with Gasteiger partial charge in [-0.25, -0.2) is 13.3 Å². The maximum atomic E-state index is 12.6. The van der Waals surface area contributed by atoms with E-state index in [0.717, 1.165) is 16.8 Å². The second kappa shape index (κ2) is 7.28. The predicted octanol–water partition coefficient (Wildman–Crippen LogP) is 2.34. The zero-order chi connectivity index (χ0) is 19.8. The lowest BCUT2D eigenvalue weighted by atomic mass is 10.1. The molecule has 0 atom stereocenters. The minimum absolute atomic E-state index is 0.00105. The number of aliphatic imine (C=N–C) groups is 1. The van der Waals surface area contributed by atoms with Gasteiger partial charge in [0.25, 0.3) is 5.91 Å². The molecule has 0 radical (unpaired) electrons. The first-order valence-corrected chi connectivity index (χ1v) is 10.5. The second-order valence-corrected chi connectivity index (χ2v) is 9.01. The largest absolute Gasteiger partial charge is 0.497 e. The summed E-state index contributed by atoms with van der Waals surface area (Å²) in [7, 11) is -2.16. The topological polar surface area (TPSA) is 112 Å². The van der Waals surface area contributed by atoms with E-state index in [1.54, 1.807) is 45.2 Å². The Balaban J connectivity index is 1.97. The summed E-state index contributed by atoms with van der Waals surface area (Å²) in [5.41, 5.74) is 0.664. The third-order valence-corrected chi connectivity index (χ3v) is 6.50. The second-order valence-electron chi connectivity index (χ2n) is 6.36. The molecule has 2 aliphatic rings. The Hall–Kier alpha value is -2.46. The molecule has 8 nitrogen and oxygen atoms in total. The summed E-state index contributed by atoms with van der Waals surface area (Å²) in [4.78, 5) is 17.4. The highest BCUT2D eigenvalue weighted by molar-refractivity contribution is 8.16. The van der Waals surface area contributed by atoms with Gasteiger partial charge in [-0.1, -0.05) is 26.0 Å². The van der Waals surface area contributed by atoms with E-state index in [9.17, 15) is 13.2 Å². The maximum absolute atomic E-state index is 12.6. The number of carbonyl (C=O) groups is 1. The first-order chi connectivity index (χ1) is 12.7. The van der Waals surface area contributed by atoms with Gasteiger partial charge in [0, 0.05) is 0 Å². The van der Waals surface area contributed by atoms with Gasteiger partial charge in [-0.15, -0.1) is 0 Å². The summed E-state index contributed by atoms with van der Waals surface area (Å²) in [6.07, 6.45) is 1.50. The maximum Gasteiger partial charge on any atom is 0.283 e. The molecule has 142 valence electrons. The van der Waals surface area contributed by atoms with Gasteiger partial charge >= 0.3 is 0 Å². The molecule has 0 aromatic heterocycles. The van der Waals surface area contributed by atoms with Gasteiger partial charge in [-0.3, -0.25) is 10.2 Å². The summed E-state index contributed by atoms with van der Waals surface area (Å²) in [6, 6.07) is 6.91. The number of ether oxygens (including phenoxy) is 1. The van der Waals surface area contributed by atoms with Crippen molar-refractivity contribution < 1.29 is 17.9 Å². The molecule has 0 bridgehead atoms. The van der Waals surface area contributed by atoms with Crippen LogP contribution in [0.5, 0.6) is 5.75 Å². The van der Waals surface area contributed by atoms with Crippen LogP contribution in [-0.4, -0.2) is 48.3 Å². The number of nitrogens with zero attached hydrogens (tertiary/aromatic N) is 3. The van der Waals surface area contributed by atoms with Crippen LogP contribution in [0, 0.1) is 11.3 Å². The van der Waals surface area contributed by atoms with E-state index in [1.165, 1.54) is 6.08 Å². The molecule has 0 aliphatic carbocycles. The third-order valence-electron chi connectivity index (χ3n) is 3.75.